The second-order valence-electron chi connectivity index (χ2n) is 1.92. The summed E-state index contributed by atoms with van der Waals surface area (Å²) >= 11 is 8.31. The molecule has 0 aromatic carbocycles. The fourth-order valence-electron chi connectivity index (χ4n) is 0.339. The number of ether oxygens (including phenoxy) is 2. The summed E-state index contributed by atoms with van der Waals surface area (Å²) in [6, 6.07) is 0. The molecule has 70 valence electrons. The Hall–Kier alpha value is -0.660. The number of aliphatic hydroxyl groups excluding tert-OH is 1. The monoisotopic (exact) mass is 210 g/mol. The maximum Gasteiger partial charge on any atom is 0.254 e. The summed E-state index contributed by atoms with van der Waals surface area (Å²) in [5, 5.41) is 7.16. The fourth-order valence-corrected chi connectivity index (χ4v) is 0.407. The van der Waals surface area contributed by atoms with Gasteiger partial charge in [0.2, 0.25) is 0 Å². The van der Waals surface area contributed by atoms with E-state index >= 15 is 0 Å². The molecule has 1 aliphatic rings. The molecule has 1 aliphatic heterocycles. The number of thiocarbonyl (C=S) groups is 2. The Kier molecular flexibility index (Phi) is 5.60. The van der Waals surface area contributed by atoms with Crippen molar-refractivity contribution in [2.75, 3.05) is 13.2 Å². The van der Waals surface area contributed by atoms with Gasteiger partial charge in [-0.3, -0.25) is 0 Å². The Bertz CT molecular complexity index is 168. The number of nitrogens with two attached hydrogens (primary N) is 2. The van der Waals surface area contributed by atoms with E-state index < -0.39 is 5.17 Å². The van der Waals surface area contributed by atoms with Crippen LogP contribution in [0.15, 0.2) is 0 Å². The van der Waals surface area contributed by atoms with Gasteiger partial charge < -0.3 is 26.0 Å². The highest BCUT2D eigenvalue weighted by Crippen LogP contribution is 2.07. The quantitative estimate of drug-likeness (QED) is 0.415. The minimum atomic E-state index is -0.500. The first kappa shape index (κ1) is 11.3. The van der Waals surface area contributed by atoms with Gasteiger partial charge in [-0.1, -0.05) is 0 Å². The van der Waals surface area contributed by atoms with Crippen molar-refractivity contribution >= 4 is 34.8 Å². The lowest BCUT2D eigenvalue weighted by Crippen LogP contribution is -2.15. The SMILES string of the molecule is NC(=S)OCC1CO1.NC(O)=S. The van der Waals surface area contributed by atoms with Crippen LogP contribution in [0.3, 0.4) is 0 Å². The fraction of sp³-hybridized carbons (Fsp3) is 0.600. The molecule has 1 fully saturated rings. The molecule has 1 atom stereocenters. The first-order valence-corrected chi connectivity index (χ1v) is 3.86. The molecule has 0 aromatic rings. The van der Waals surface area contributed by atoms with E-state index in [-0.39, 0.29) is 11.3 Å². The van der Waals surface area contributed by atoms with E-state index in [4.69, 9.17) is 20.3 Å². The Labute approximate surface area is 80.6 Å². The summed E-state index contributed by atoms with van der Waals surface area (Å²) in [5.41, 5.74) is 9.42. The third-order valence-electron chi connectivity index (χ3n) is 0.814. The first-order valence-electron chi connectivity index (χ1n) is 3.04. The Morgan fingerprint density at radius 2 is 2.00 bits per heavy atom. The van der Waals surface area contributed by atoms with Crippen molar-refractivity contribution in [3.05, 3.63) is 0 Å². The zero-order valence-corrected chi connectivity index (χ0v) is 7.86. The minimum absolute atomic E-state index is 0.0977. The van der Waals surface area contributed by atoms with Crippen molar-refractivity contribution in [1.82, 2.24) is 0 Å². The number of hydrogen-bond acceptors (Lipinski definition) is 4. The maximum atomic E-state index is 7.56. The van der Waals surface area contributed by atoms with Crippen LogP contribution in [0, 0.1) is 0 Å². The molecule has 1 saturated heterocycles. The third kappa shape index (κ3) is 12.1. The molecule has 5 nitrogen and oxygen atoms in total. The second kappa shape index (κ2) is 5.92. The van der Waals surface area contributed by atoms with Crippen LogP contribution in [0.5, 0.6) is 0 Å². The standard InChI is InChI=1S/C4H7NO2S.CH3NOS/c5-4(8)7-2-3-1-6-3;2-1(3)4/h3H,1-2H2,(H2,5,8);(H3,2,3,4). The molecule has 12 heavy (non-hydrogen) atoms. The Balaban J connectivity index is 0.000000261. The van der Waals surface area contributed by atoms with Crippen LogP contribution in [0.2, 0.25) is 0 Å². The normalized spacial score (nSPS) is 18.5. The highest BCUT2D eigenvalue weighted by molar-refractivity contribution is 7.80. The van der Waals surface area contributed by atoms with Gasteiger partial charge in [0.1, 0.15) is 12.7 Å². The molecule has 1 unspecified atom stereocenters. The van der Waals surface area contributed by atoms with Gasteiger partial charge in [-0.2, -0.15) is 0 Å². The average Bonchev–Trinajstić information content (AvgIpc) is 2.63. The van der Waals surface area contributed by atoms with Crippen LogP contribution < -0.4 is 11.5 Å². The van der Waals surface area contributed by atoms with E-state index in [9.17, 15) is 0 Å². The molecule has 1 heterocycles. The molecule has 0 amide bonds. The number of epoxide rings is 1. The van der Waals surface area contributed by atoms with E-state index in [0.29, 0.717) is 6.61 Å². The summed E-state index contributed by atoms with van der Waals surface area (Å²) in [5.74, 6) is 0. The van der Waals surface area contributed by atoms with Gasteiger partial charge in [-0.15, -0.1) is 0 Å². The number of aliphatic hydroxyl groups is 1. The van der Waals surface area contributed by atoms with Crippen LogP contribution in [0.1, 0.15) is 0 Å². The van der Waals surface area contributed by atoms with Crippen molar-refractivity contribution in [2.24, 2.45) is 11.5 Å². The smallest absolute Gasteiger partial charge is 0.254 e. The second-order valence-corrected chi connectivity index (χ2v) is 2.74. The summed E-state index contributed by atoms with van der Waals surface area (Å²) in [7, 11) is 0. The lowest BCUT2D eigenvalue weighted by molar-refractivity contribution is 0.255. The molecule has 0 saturated carbocycles. The van der Waals surface area contributed by atoms with Gasteiger partial charge in [0, 0.05) is 0 Å². The molecule has 0 bridgehead atoms. The Morgan fingerprint density at radius 1 is 1.58 bits per heavy atom. The number of hydrogen-bond donors (Lipinski definition) is 3. The lowest BCUT2D eigenvalue weighted by Gasteiger charge is -1.96. The van der Waals surface area contributed by atoms with Crippen LogP contribution in [0.25, 0.3) is 0 Å². The van der Waals surface area contributed by atoms with Gasteiger partial charge in [0.25, 0.3) is 10.3 Å². The summed E-state index contributed by atoms with van der Waals surface area (Å²) in [4.78, 5) is 0. The van der Waals surface area contributed by atoms with Crippen LogP contribution in [0.4, 0.5) is 0 Å². The molecule has 0 radical (unpaired) electrons. The minimum Gasteiger partial charge on any atom is -0.487 e. The molecular weight excluding hydrogens is 200 g/mol. The molecule has 1 rings (SSSR count). The molecular formula is C5H10N2O3S2. The largest absolute Gasteiger partial charge is 0.487 e. The molecule has 0 aliphatic carbocycles. The van der Waals surface area contributed by atoms with Gasteiger partial charge in [0.15, 0.2) is 0 Å². The highest BCUT2D eigenvalue weighted by atomic mass is 32.1. The topological polar surface area (TPSA) is 94.0 Å². The van der Waals surface area contributed by atoms with Crippen molar-refractivity contribution < 1.29 is 14.6 Å². The lowest BCUT2D eigenvalue weighted by atomic mass is 10.5. The zero-order chi connectivity index (χ0) is 9.56. The van der Waals surface area contributed by atoms with Crippen molar-refractivity contribution in [1.29, 1.82) is 0 Å². The van der Waals surface area contributed by atoms with Gasteiger partial charge in [-0.05, 0) is 24.4 Å². The van der Waals surface area contributed by atoms with E-state index in [1.165, 1.54) is 0 Å². The van der Waals surface area contributed by atoms with Gasteiger partial charge in [0.05, 0.1) is 6.61 Å². The average molecular weight is 210 g/mol. The van der Waals surface area contributed by atoms with Crippen molar-refractivity contribution in [3.63, 3.8) is 0 Å². The van der Waals surface area contributed by atoms with Gasteiger partial charge >= 0.3 is 0 Å². The van der Waals surface area contributed by atoms with Crippen molar-refractivity contribution in [2.45, 2.75) is 6.10 Å². The third-order valence-corrected chi connectivity index (χ3v) is 0.932. The predicted molar refractivity (Wildman–Crippen MR) is 51.9 cm³/mol. The van der Waals surface area contributed by atoms with E-state index in [2.05, 4.69) is 30.2 Å². The molecule has 0 spiro atoms. The summed E-state index contributed by atoms with van der Waals surface area (Å²) in [6.07, 6.45) is 0.247. The predicted octanol–water partition coefficient (Wildman–Crippen LogP) is -0.567. The van der Waals surface area contributed by atoms with E-state index in [0.717, 1.165) is 6.61 Å². The highest BCUT2D eigenvalue weighted by Gasteiger charge is 2.22. The maximum absolute atomic E-state index is 7.56. The first-order chi connectivity index (χ1) is 5.52. The number of rotatable bonds is 2. The Morgan fingerprint density at radius 3 is 2.25 bits per heavy atom. The molecule has 0 aromatic heterocycles. The van der Waals surface area contributed by atoms with Crippen LogP contribution in [-0.2, 0) is 9.47 Å². The van der Waals surface area contributed by atoms with E-state index in [1.807, 2.05) is 0 Å². The van der Waals surface area contributed by atoms with Crippen LogP contribution in [-0.4, -0.2) is 34.8 Å². The summed E-state index contributed by atoms with van der Waals surface area (Å²) in [6.45, 7) is 1.29. The molecule has 7 heteroatoms. The van der Waals surface area contributed by atoms with Gasteiger partial charge in [-0.25, -0.2) is 0 Å². The van der Waals surface area contributed by atoms with Crippen molar-refractivity contribution in [3.8, 4) is 0 Å². The van der Waals surface area contributed by atoms with E-state index in [1.54, 1.807) is 0 Å². The molecule has 5 N–H and O–H groups in total. The summed E-state index contributed by atoms with van der Waals surface area (Å²) < 4.78 is 9.57. The zero-order valence-electron chi connectivity index (χ0n) is 6.23. The van der Waals surface area contributed by atoms with Crippen LogP contribution >= 0.6 is 24.4 Å².